The fourth-order valence-electron chi connectivity index (χ4n) is 4.12. The Balaban J connectivity index is 1.44. The molecule has 0 bridgehead atoms. The summed E-state index contributed by atoms with van der Waals surface area (Å²) in [6, 6.07) is 28.6. The molecule has 0 unspecified atom stereocenters. The fraction of sp³-hybridized carbons (Fsp3) is 0.0645. The smallest absolute Gasteiger partial charge is 0.282 e. The van der Waals surface area contributed by atoms with Crippen LogP contribution >= 0.6 is 11.6 Å². The summed E-state index contributed by atoms with van der Waals surface area (Å²) in [6.07, 6.45) is 1.73. The van der Waals surface area contributed by atoms with E-state index >= 15 is 0 Å². The maximum Gasteiger partial charge on any atom is 0.282 e. The first-order valence-electron chi connectivity index (χ1n) is 12.1. The highest BCUT2D eigenvalue weighted by Crippen LogP contribution is 2.31. The van der Waals surface area contributed by atoms with Crippen molar-refractivity contribution in [3.8, 4) is 11.5 Å². The average Bonchev–Trinajstić information content (AvgIpc) is 3.30. The first-order chi connectivity index (χ1) is 19.0. The number of nitrogens with one attached hydrogen (secondary N) is 1. The Bertz CT molecular complexity index is 1580. The number of benzene rings is 4. The zero-order chi connectivity index (χ0) is 27.4. The standard InChI is InChI=1S/C31H24ClN3O4/c1-38-25-16-17-28(39-2)26(19-25)34-30(36)22-10-14-24(15-11-22)35-29(21-6-4-3-5-7-21)33-27(31(35)37)18-20-8-12-23(32)13-9-20/h3-19H,1-2H3,(H,34,36)/b27-18-. The zero-order valence-corrected chi connectivity index (χ0v) is 22.0. The molecule has 1 aliphatic heterocycles. The van der Waals surface area contributed by atoms with Crippen molar-refractivity contribution >= 4 is 46.7 Å². The number of methoxy groups -OCH3 is 2. The molecular weight excluding hydrogens is 514 g/mol. The van der Waals surface area contributed by atoms with E-state index in [4.69, 9.17) is 21.1 Å². The summed E-state index contributed by atoms with van der Waals surface area (Å²) in [5.74, 6) is 0.985. The van der Waals surface area contributed by atoms with Crippen LogP contribution in [0, 0.1) is 0 Å². The van der Waals surface area contributed by atoms with Gasteiger partial charge in [0.15, 0.2) is 0 Å². The number of carbonyl (C=O) groups excluding carboxylic acids is 2. The number of hydrogen-bond acceptors (Lipinski definition) is 5. The maximum absolute atomic E-state index is 13.6. The molecule has 5 rings (SSSR count). The van der Waals surface area contributed by atoms with Crippen molar-refractivity contribution in [1.29, 1.82) is 0 Å². The summed E-state index contributed by atoms with van der Waals surface area (Å²) in [6.45, 7) is 0. The van der Waals surface area contributed by atoms with Crippen molar-refractivity contribution in [1.82, 2.24) is 0 Å². The minimum Gasteiger partial charge on any atom is -0.497 e. The number of carbonyl (C=O) groups is 2. The van der Waals surface area contributed by atoms with Crippen molar-refractivity contribution < 1.29 is 19.1 Å². The Labute approximate surface area is 231 Å². The number of ether oxygens (including phenoxy) is 2. The lowest BCUT2D eigenvalue weighted by atomic mass is 10.1. The van der Waals surface area contributed by atoms with Gasteiger partial charge in [-0.25, -0.2) is 4.99 Å². The summed E-state index contributed by atoms with van der Waals surface area (Å²) in [4.78, 5) is 32.8. The molecule has 1 heterocycles. The Morgan fingerprint density at radius 2 is 1.62 bits per heavy atom. The molecule has 39 heavy (non-hydrogen) atoms. The van der Waals surface area contributed by atoms with E-state index in [-0.39, 0.29) is 11.8 Å². The van der Waals surface area contributed by atoms with Crippen LogP contribution in [0.2, 0.25) is 5.02 Å². The van der Waals surface area contributed by atoms with Gasteiger partial charge in [-0.2, -0.15) is 0 Å². The van der Waals surface area contributed by atoms with Crippen LogP contribution in [-0.4, -0.2) is 31.9 Å². The molecule has 1 aliphatic rings. The molecule has 4 aromatic rings. The summed E-state index contributed by atoms with van der Waals surface area (Å²) < 4.78 is 10.6. The van der Waals surface area contributed by atoms with E-state index < -0.39 is 0 Å². The third kappa shape index (κ3) is 5.54. The van der Waals surface area contributed by atoms with Crippen molar-refractivity contribution in [3.63, 3.8) is 0 Å². The fourth-order valence-corrected chi connectivity index (χ4v) is 4.25. The average molecular weight is 538 g/mol. The summed E-state index contributed by atoms with van der Waals surface area (Å²) >= 11 is 6.01. The minimum absolute atomic E-state index is 0.276. The molecule has 0 spiro atoms. The largest absolute Gasteiger partial charge is 0.497 e. The van der Waals surface area contributed by atoms with Crippen LogP contribution in [0.15, 0.2) is 108 Å². The number of nitrogens with zero attached hydrogens (tertiary/aromatic N) is 2. The molecule has 0 saturated carbocycles. The van der Waals surface area contributed by atoms with Crippen LogP contribution < -0.4 is 19.7 Å². The number of hydrogen-bond donors (Lipinski definition) is 1. The van der Waals surface area contributed by atoms with Crippen molar-refractivity contribution in [2.75, 3.05) is 24.4 Å². The molecule has 7 nitrogen and oxygen atoms in total. The van der Waals surface area contributed by atoms with Crippen molar-refractivity contribution in [2.45, 2.75) is 0 Å². The normalized spacial score (nSPS) is 13.8. The Morgan fingerprint density at radius 3 is 2.28 bits per heavy atom. The lowest BCUT2D eigenvalue weighted by molar-refractivity contribution is -0.113. The first kappa shape index (κ1) is 25.8. The molecule has 2 amide bonds. The SMILES string of the molecule is COc1ccc(OC)c(NC(=O)c2ccc(N3C(=O)/C(=C/c4ccc(Cl)cc4)N=C3c3ccccc3)cc2)c1. The summed E-state index contributed by atoms with van der Waals surface area (Å²) in [5, 5.41) is 3.47. The number of halogens is 1. The van der Waals surface area contributed by atoms with Crippen LogP contribution in [0.4, 0.5) is 11.4 Å². The highest BCUT2D eigenvalue weighted by molar-refractivity contribution is 6.33. The lowest BCUT2D eigenvalue weighted by Gasteiger charge is -2.19. The van der Waals surface area contributed by atoms with Crippen LogP contribution in [0.3, 0.4) is 0 Å². The van der Waals surface area contributed by atoms with Crippen LogP contribution in [0.5, 0.6) is 11.5 Å². The number of anilines is 2. The third-order valence-electron chi connectivity index (χ3n) is 6.11. The second-order valence-electron chi connectivity index (χ2n) is 8.59. The van der Waals surface area contributed by atoms with Gasteiger partial charge < -0.3 is 14.8 Å². The van der Waals surface area contributed by atoms with E-state index in [2.05, 4.69) is 10.3 Å². The summed E-state index contributed by atoms with van der Waals surface area (Å²) in [5.41, 5.74) is 3.36. The number of amidine groups is 1. The number of rotatable bonds is 7. The van der Waals surface area contributed by atoms with Crippen molar-refractivity contribution in [3.05, 3.63) is 124 Å². The van der Waals surface area contributed by atoms with Crippen molar-refractivity contribution in [2.24, 2.45) is 4.99 Å². The van der Waals surface area contributed by atoms with Crippen LogP contribution in [0.1, 0.15) is 21.5 Å². The van der Waals surface area contributed by atoms with Gasteiger partial charge in [-0.15, -0.1) is 0 Å². The molecule has 0 radical (unpaired) electrons. The van der Waals surface area contributed by atoms with Gasteiger partial charge in [0.05, 0.1) is 25.6 Å². The second-order valence-corrected chi connectivity index (χ2v) is 9.03. The predicted octanol–water partition coefficient (Wildman–Crippen LogP) is 6.44. The molecule has 0 aliphatic carbocycles. The molecular formula is C31H24ClN3O4. The van der Waals surface area contributed by atoms with E-state index in [1.807, 2.05) is 42.5 Å². The molecule has 0 saturated heterocycles. The highest BCUT2D eigenvalue weighted by atomic mass is 35.5. The zero-order valence-electron chi connectivity index (χ0n) is 21.2. The predicted molar refractivity (Wildman–Crippen MR) is 154 cm³/mol. The molecule has 0 aromatic heterocycles. The third-order valence-corrected chi connectivity index (χ3v) is 6.36. The van der Waals surface area contributed by atoms with Crippen LogP contribution in [-0.2, 0) is 4.79 Å². The lowest BCUT2D eigenvalue weighted by Crippen LogP contribution is -2.32. The van der Waals surface area contributed by atoms with E-state index in [9.17, 15) is 9.59 Å². The molecule has 1 N–H and O–H groups in total. The van der Waals surface area contributed by atoms with Gasteiger partial charge >= 0.3 is 0 Å². The maximum atomic E-state index is 13.6. The van der Waals surface area contributed by atoms with Gasteiger partial charge in [0.25, 0.3) is 11.8 Å². The van der Waals surface area contributed by atoms with E-state index in [1.165, 1.54) is 7.11 Å². The van der Waals surface area contributed by atoms with E-state index in [0.29, 0.717) is 45.0 Å². The molecule has 194 valence electrons. The Morgan fingerprint density at radius 1 is 0.897 bits per heavy atom. The molecule has 0 atom stereocenters. The molecule has 4 aromatic carbocycles. The molecule has 0 fully saturated rings. The second kappa shape index (κ2) is 11.2. The topological polar surface area (TPSA) is 80.2 Å². The van der Waals surface area contributed by atoms with E-state index in [1.54, 1.807) is 72.7 Å². The van der Waals surface area contributed by atoms with Crippen LogP contribution in [0.25, 0.3) is 6.08 Å². The van der Waals surface area contributed by atoms with E-state index in [0.717, 1.165) is 11.1 Å². The quantitative estimate of drug-likeness (QED) is 0.275. The summed E-state index contributed by atoms with van der Waals surface area (Å²) in [7, 11) is 3.08. The minimum atomic E-state index is -0.332. The van der Waals surface area contributed by atoms with Gasteiger partial charge in [0.2, 0.25) is 0 Å². The van der Waals surface area contributed by atoms with Gasteiger partial charge in [-0.05, 0) is 60.2 Å². The number of aliphatic imine (C=N–C) groups is 1. The molecule has 8 heteroatoms. The van der Waals surface area contributed by atoms with Gasteiger partial charge in [-0.1, -0.05) is 54.1 Å². The van der Waals surface area contributed by atoms with Gasteiger partial charge in [0, 0.05) is 22.2 Å². The van der Waals surface area contributed by atoms with Gasteiger partial charge in [-0.3, -0.25) is 14.5 Å². The van der Waals surface area contributed by atoms with Gasteiger partial charge in [0.1, 0.15) is 23.0 Å². The Hall–Kier alpha value is -4.88. The number of amides is 2. The monoisotopic (exact) mass is 537 g/mol. The first-order valence-corrected chi connectivity index (χ1v) is 12.4. The Kier molecular flexibility index (Phi) is 7.43. The highest BCUT2D eigenvalue weighted by Gasteiger charge is 2.32.